The number of rotatable bonds is 8. The first-order chi connectivity index (χ1) is 13.9. The van der Waals surface area contributed by atoms with E-state index in [0.29, 0.717) is 11.4 Å². The molecule has 0 aliphatic carbocycles. The monoisotopic (exact) mass is 419 g/mol. The Morgan fingerprint density at radius 3 is 2.14 bits per heavy atom. The Balaban J connectivity index is 2.06. The van der Waals surface area contributed by atoms with E-state index in [0.717, 1.165) is 4.88 Å². The summed E-state index contributed by atoms with van der Waals surface area (Å²) in [5, 5.41) is 2.90. The van der Waals surface area contributed by atoms with Crippen LogP contribution in [0.1, 0.15) is 49.8 Å². The lowest BCUT2D eigenvalue weighted by Crippen LogP contribution is -2.22. The highest BCUT2D eigenvalue weighted by Crippen LogP contribution is 2.29. The highest BCUT2D eigenvalue weighted by Gasteiger charge is 2.21. The van der Waals surface area contributed by atoms with Gasteiger partial charge in [0.25, 0.3) is 5.91 Å². The maximum absolute atomic E-state index is 12.3. The van der Waals surface area contributed by atoms with Crippen LogP contribution in [0.25, 0.3) is 0 Å². The Morgan fingerprint density at radius 1 is 0.931 bits per heavy atom. The molecule has 8 nitrogen and oxygen atoms in total. The molecule has 2 rings (SSSR count). The van der Waals surface area contributed by atoms with Crippen LogP contribution in [0.15, 0.2) is 30.3 Å². The molecule has 29 heavy (non-hydrogen) atoms. The summed E-state index contributed by atoms with van der Waals surface area (Å²) in [6.45, 7) is 3.23. The number of aryl methyl sites for hydroxylation is 1. The first-order valence-corrected chi connectivity index (χ1v) is 9.67. The Morgan fingerprint density at radius 2 is 1.55 bits per heavy atom. The number of nitrogens with one attached hydrogen (secondary N) is 1. The number of hydrogen-bond acceptors (Lipinski definition) is 8. The first kappa shape index (κ1) is 22.1. The Labute approximate surface area is 171 Å². The molecule has 0 saturated heterocycles. The zero-order valence-corrected chi connectivity index (χ0v) is 17.1. The number of methoxy groups -OCH3 is 1. The zero-order chi connectivity index (χ0) is 21.4. The van der Waals surface area contributed by atoms with E-state index in [1.807, 2.05) is 6.92 Å². The normalized spacial score (nSPS) is 10.2. The third-order valence-corrected chi connectivity index (χ3v) is 4.96. The summed E-state index contributed by atoms with van der Waals surface area (Å²) in [6, 6.07) is 7.63. The highest BCUT2D eigenvalue weighted by molar-refractivity contribution is 7.16. The van der Waals surface area contributed by atoms with Crippen LogP contribution in [0.2, 0.25) is 0 Å². The molecule has 154 valence electrons. The molecule has 0 aliphatic rings. The topological polar surface area (TPSA) is 108 Å². The molecular weight excluding hydrogens is 398 g/mol. The molecule has 1 heterocycles. The molecular formula is C20H21NO7S. The molecule has 1 amide bonds. The van der Waals surface area contributed by atoms with E-state index in [1.54, 1.807) is 25.1 Å². The summed E-state index contributed by atoms with van der Waals surface area (Å²) in [4.78, 5) is 49.2. The van der Waals surface area contributed by atoms with Crippen LogP contribution in [0.4, 0.5) is 5.00 Å². The zero-order valence-electron chi connectivity index (χ0n) is 16.3. The van der Waals surface area contributed by atoms with Gasteiger partial charge < -0.3 is 19.5 Å². The summed E-state index contributed by atoms with van der Waals surface area (Å²) >= 11 is 1.25. The van der Waals surface area contributed by atoms with Crippen LogP contribution in [0.3, 0.4) is 0 Å². The van der Waals surface area contributed by atoms with Crippen LogP contribution >= 0.6 is 11.3 Å². The lowest BCUT2D eigenvalue weighted by molar-refractivity contribution is -0.119. The number of benzene rings is 1. The Kier molecular flexibility index (Phi) is 7.90. The maximum atomic E-state index is 12.3. The molecule has 1 aromatic carbocycles. The standard InChI is InChI=1S/C20H21NO7S/c1-4-12-10-15(20(25)27-5-2)17(29-12)21-16(22)11-28-19(24)14-9-7-6-8-13(14)18(23)26-3/h6-10H,4-5,11H2,1-3H3,(H,21,22). The van der Waals surface area contributed by atoms with Crippen molar-refractivity contribution in [2.45, 2.75) is 20.3 Å². The van der Waals surface area contributed by atoms with Gasteiger partial charge in [-0.25, -0.2) is 14.4 Å². The van der Waals surface area contributed by atoms with Crippen LogP contribution < -0.4 is 5.32 Å². The van der Waals surface area contributed by atoms with E-state index in [9.17, 15) is 19.2 Å². The quantitative estimate of drug-likeness (QED) is 0.517. The predicted octanol–water partition coefficient (Wildman–Crippen LogP) is 3.07. The molecule has 1 aromatic heterocycles. The lowest BCUT2D eigenvalue weighted by Gasteiger charge is -2.09. The molecule has 0 unspecified atom stereocenters. The second-order valence-electron chi connectivity index (χ2n) is 5.69. The minimum absolute atomic E-state index is 0.0104. The van der Waals surface area contributed by atoms with Gasteiger partial charge in [0.05, 0.1) is 30.4 Å². The summed E-state index contributed by atoms with van der Waals surface area (Å²) < 4.78 is 14.6. The third kappa shape index (κ3) is 5.64. The molecule has 0 saturated carbocycles. The van der Waals surface area contributed by atoms with Gasteiger partial charge in [0.1, 0.15) is 5.00 Å². The number of anilines is 1. The van der Waals surface area contributed by atoms with E-state index >= 15 is 0 Å². The van der Waals surface area contributed by atoms with Crippen molar-refractivity contribution >= 4 is 40.2 Å². The fourth-order valence-corrected chi connectivity index (χ4v) is 3.39. The van der Waals surface area contributed by atoms with Crippen LogP contribution in [-0.2, 0) is 25.4 Å². The van der Waals surface area contributed by atoms with E-state index in [1.165, 1.54) is 30.6 Å². The van der Waals surface area contributed by atoms with Crippen molar-refractivity contribution in [1.29, 1.82) is 0 Å². The fourth-order valence-electron chi connectivity index (χ4n) is 2.39. The smallest absolute Gasteiger partial charge is 0.341 e. The molecule has 0 atom stereocenters. The fraction of sp³-hybridized carbons (Fsp3) is 0.300. The van der Waals surface area contributed by atoms with Gasteiger partial charge >= 0.3 is 17.9 Å². The molecule has 0 bridgehead atoms. The second kappa shape index (κ2) is 10.4. The molecule has 1 N–H and O–H groups in total. The summed E-state index contributed by atoms with van der Waals surface area (Å²) in [5.74, 6) is -2.69. The summed E-state index contributed by atoms with van der Waals surface area (Å²) in [7, 11) is 1.20. The van der Waals surface area contributed by atoms with Crippen molar-refractivity contribution in [3.8, 4) is 0 Å². The largest absolute Gasteiger partial charge is 0.465 e. The van der Waals surface area contributed by atoms with Gasteiger partial charge in [-0.05, 0) is 31.5 Å². The lowest BCUT2D eigenvalue weighted by atomic mass is 10.1. The molecule has 2 aromatic rings. The first-order valence-electron chi connectivity index (χ1n) is 8.85. The van der Waals surface area contributed by atoms with Gasteiger partial charge in [-0.3, -0.25) is 4.79 Å². The minimum Gasteiger partial charge on any atom is -0.465 e. The number of carbonyl (C=O) groups excluding carboxylic acids is 4. The van der Waals surface area contributed by atoms with Gasteiger partial charge in [-0.1, -0.05) is 19.1 Å². The predicted molar refractivity (Wildman–Crippen MR) is 106 cm³/mol. The number of hydrogen-bond donors (Lipinski definition) is 1. The van der Waals surface area contributed by atoms with Gasteiger partial charge in [-0.2, -0.15) is 0 Å². The van der Waals surface area contributed by atoms with Crippen molar-refractivity contribution in [3.63, 3.8) is 0 Å². The van der Waals surface area contributed by atoms with Crippen LogP contribution in [0, 0.1) is 0 Å². The van der Waals surface area contributed by atoms with Crippen molar-refractivity contribution < 1.29 is 33.4 Å². The van der Waals surface area contributed by atoms with Crippen molar-refractivity contribution in [2.24, 2.45) is 0 Å². The van der Waals surface area contributed by atoms with E-state index in [2.05, 4.69) is 10.1 Å². The Bertz CT molecular complexity index is 919. The number of ether oxygens (including phenoxy) is 3. The molecule has 0 aliphatic heterocycles. The minimum atomic E-state index is -0.841. The molecule has 0 spiro atoms. The van der Waals surface area contributed by atoms with E-state index < -0.39 is 30.4 Å². The van der Waals surface area contributed by atoms with Crippen LogP contribution in [-0.4, -0.2) is 44.1 Å². The molecule has 9 heteroatoms. The third-order valence-electron chi connectivity index (χ3n) is 3.77. The Hall–Kier alpha value is -3.20. The van der Waals surface area contributed by atoms with Crippen molar-refractivity contribution in [2.75, 3.05) is 25.6 Å². The van der Waals surface area contributed by atoms with Gasteiger partial charge in [0.2, 0.25) is 0 Å². The average molecular weight is 419 g/mol. The number of thiophene rings is 1. The molecule has 0 radical (unpaired) electrons. The molecule has 0 fully saturated rings. The maximum Gasteiger partial charge on any atom is 0.341 e. The van der Waals surface area contributed by atoms with Crippen molar-refractivity contribution in [3.05, 3.63) is 51.9 Å². The number of carbonyl (C=O) groups is 4. The van der Waals surface area contributed by atoms with Crippen molar-refractivity contribution in [1.82, 2.24) is 0 Å². The number of amides is 1. The van der Waals surface area contributed by atoms with E-state index in [-0.39, 0.29) is 23.3 Å². The van der Waals surface area contributed by atoms with Crippen LogP contribution in [0.5, 0.6) is 0 Å². The van der Waals surface area contributed by atoms with E-state index in [4.69, 9.17) is 9.47 Å². The summed E-state index contributed by atoms with van der Waals surface area (Å²) in [6.07, 6.45) is 0.687. The number of esters is 3. The highest BCUT2D eigenvalue weighted by atomic mass is 32.1. The summed E-state index contributed by atoms with van der Waals surface area (Å²) in [5.41, 5.74) is 0.281. The SMILES string of the molecule is CCOC(=O)c1cc(CC)sc1NC(=O)COC(=O)c1ccccc1C(=O)OC. The second-order valence-corrected chi connectivity index (χ2v) is 6.83. The van der Waals surface area contributed by atoms with Gasteiger partial charge in [0.15, 0.2) is 6.61 Å². The van der Waals surface area contributed by atoms with Gasteiger partial charge in [-0.15, -0.1) is 11.3 Å². The average Bonchev–Trinajstić information content (AvgIpc) is 3.14. The van der Waals surface area contributed by atoms with Gasteiger partial charge in [0, 0.05) is 4.88 Å².